The third kappa shape index (κ3) is 3.98. The molecule has 0 N–H and O–H groups in total. The predicted octanol–water partition coefficient (Wildman–Crippen LogP) is 5.05. The van der Waals surface area contributed by atoms with Gasteiger partial charge in [0, 0.05) is 18.0 Å². The predicted molar refractivity (Wildman–Crippen MR) is 107 cm³/mol. The molecule has 1 saturated heterocycles. The molecule has 1 aromatic heterocycles. The van der Waals surface area contributed by atoms with E-state index in [2.05, 4.69) is 16.9 Å². The van der Waals surface area contributed by atoms with E-state index in [4.69, 9.17) is 27.9 Å². The van der Waals surface area contributed by atoms with E-state index in [0.717, 1.165) is 23.6 Å². The number of amidine groups is 1. The van der Waals surface area contributed by atoms with Crippen molar-refractivity contribution in [1.29, 1.82) is 0 Å². The molecule has 0 spiro atoms. The molecule has 1 aliphatic heterocycles. The first-order chi connectivity index (χ1) is 12.5. The van der Waals surface area contributed by atoms with Crippen molar-refractivity contribution in [3.63, 3.8) is 0 Å². The molecule has 8 heteroatoms. The van der Waals surface area contributed by atoms with Crippen molar-refractivity contribution in [2.45, 2.75) is 19.4 Å². The van der Waals surface area contributed by atoms with E-state index in [1.807, 2.05) is 24.3 Å². The van der Waals surface area contributed by atoms with Crippen LogP contribution in [0.25, 0.3) is 0 Å². The fourth-order valence-corrected chi connectivity index (χ4v) is 4.09. The Bertz CT molecular complexity index is 843. The van der Waals surface area contributed by atoms with Crippen LogP contribution in [-0.2, 0) is 0 Å². The second-order valence-corrected chi connectivity index (χ2v) is 7.39. The summed E-state index contributed by atoms with van der Waals surface area (Å²) in [5.74, 6) is 1.38. The van der Waals surface area contributed by atoms with Crippen molar-refractivity contribution in [3.05, 3.63) is 52.3 Å². The fraction of sp³-hybridized carbons (Fsp3) is 0.278. The van der Waals surface area contributed by atoms with E-state index >= 15 is 0 Å². The van der Waals surface area contributed by atoms with Crippen LogP contribution in [-0.4, -0.2) is 39.9 Å². The van der Waals surface area contributed by atoms with Gasteiger partial charge in [-0.25, -0.2) is 9.98 Å². The van der Waals surface area contributed by atoms with E-state index in [1.54, 1.807) is 29.8 Å². The number of aliphatic imine (C=N–C) groups is 1. The molecule has 136 valence electrons. The number of benzene rings is 1. The quantitative estimate of drug-likeness (QED) is 0.662. The van der Waals surface area contributed by atoms with Crippen molar-refractivity contribution in [2.75, 3.05) is 12.9 Å². The van der Waals surface area contributed by atoms with Gasteiger partial charge in [-0.2, -0.15) is 0 Å². The number of nitrogens with zero attached hydrogens (tertiary/aromatic N) is 3. The van der Waals surface area contributed by atoms with Crippen LogP contribution in [0, 0.1) is 0 Å². The first-order valence-electron chi connectivity index (χ1n) is 8.03. The van der Waals surface area contributed by atoms with Gasteiger partial charge in [-0.3, -0.25) is 9.69 Å². The summed E-state index contributed by atoms with van der Waals surface area (Å²) in [5.41, 5.74) is 1.15. The van der Waals surface area contributed by atoms with E-state index in [1.165, 1.54) is 6.20 Å². The van der Waals surface area contributed by atoms with Crippen molar-refractivity contribution in [2.24, 2.45) is 4.99 Å². The lowest BCUT2D eigenvalue weighted by Crippen LogP contribution is -2.39. The van der Waals surface area contributed by atoms with Gasteiger partial charge >= 0.3 is 0 Å². The van der Waals surface area contributed by atoms with Crippen LogP contribution in [0.5, 0.6) is 5.75 Å². The van der Waals surface area contributed by atoms with Crippen molar-refractivity contribution >= 4 is 51.7 Å². The van der Waals surface area contributed by atoms with Gasteiger partial charge < -0.3 is 4.74 Å². The molecule has 5 nitrogen and oxygen atoms in total. The summed E-state index contributed by atoms with van der Waals surface area (Å²) in [4.78, 5) is 23.4. The maximum Gasteiger partial charge on any atom is 0.261 e. The molecule has 26 heavy (non-hydrogen) atoms. The second-order valence-electron chi connectivity index (χ2n) is 5.64. The van der Waals surface area contributed by atoms with Gasteiger partial charge in [-0.15, -0.1) is 0 Å². The first kappa shape index (κ1) is 19.0. The Morgan fingerprint density at radius 2 is 2.12 bits per heavy atom. The molecule has 1 amide bonds. The first-order valence-corrected chi connectivity index (χ1v) is 9.77. The highest BCUT2D eigenvalue weighted by Gasteiger charge is 2.35. The summed E-state index contributed by atoms with van der Waals surface area (Å²) in [5, 5.41) is 1.10. The molecule has 1 aliphatic rings. The average Bonchev–Trinajstić information content (AvgIpc) is 3.06. The Hall–Kier alpha value is -1.76. The van der Waals surface area contributed by atoms with Crippen LogP contribution < -0.4 is 4.74 Å². The standard InChI is InChI=1S/C18H17Cl2N3O2S/c1-3-13-10-26-18(22-12-4-6-14(25-2)7-5-12)23(13)17(24)11-8-15(19)16(20)21-9-11/h4-9,13H,3,10H2,1-2H3/t13-/m0/s1. The fourth-order valence-electron chi connectivity index (χ4n) is 2.55. The summed E-state index contributed by atoms with van der Waals surface area (Å²) in [7, 11) is 1.62. The number of amides is 1. The van der Waals surface area contributed by atoms with Crippen molar-refractivity contribution in [1.82, 2.24) is 9.88 Å². The summed E-state index contributed by atoms with van der Waals surface area (Å²) in [6.07, 6.45) is 2.27. The molecule has 0 radical (unpaired) electrons. The van der Waals surface area contributed by atoms with Crippen LogP contribution in [0.2, 0.25) is 10.2 Å². The molecule has 0 aliphatic carbocycles. The number of halogens is 2. The van der Waals surface area contributed by atoms with Crippen LogP contribution in [0.4, 0.5) is 5.69 Å². The molecule has 2 aromatic rings. The van der Waals surface area contributed by atoms with E-state index in [0.29, 0.717) is 10.7 Å². The Kier molecular flexibility index (Phi) is 6.06. The van der Waals surface area contributed by atoms with Gasteiger partial charge in [0.15, 0.2) is 5.17 Å². The minimum Gasteiger partial charge on any atom is -0.497 e. The van der Waals surface area contributed by atoms with Crippen LogP contribution in [0.3, 0.4) is 0 Å². The van der Waals surface area contributed by atoms with Gasteiger partial charge in [-0.05, 0) is 36.8 Å². The van der Waals surface area contributed by atoms with Gasteiger partial charge in [0.25, 0.3) is 5.91 Å². The molecule has 0 unspecified atom stereocenters. The number of thioether (sulfide) groups is 1. The molecule has 2 heterocycles. The van der Waals surface area contributed by atoms with Crippen LogP contribution in [0.1, 0.15) is 23.7 Å². The normalized spacial score (nSPS) is 18.4. The van der Waals surface area contributed by atoms with Gasteiger partial charge in [0.2, 0.25) is 0 Å². The number of ether oxygens (including phenoxy) is 1. The molecule has 1 atom stereocenters. The molecule has 0 saturated carbocycles. The van der Waals surface area contributed by atoms with Gasteiger partial charge in [0.1, 0.15) is 10.9 Å². The minimum atomic E-state index is -0.180. The van der Waals surface area contributed by atoms with Crippen molar-refractivity contribution < 1.29 is 9.53 Å². The summed E-state index contributed by atoms with van der Waals surface area (Å²) in [6, 6.07) is 9.00. The third-order valence-electron chi connectivity index (χ3n) is 4.01. The SMILES string of the molecule is CC[C@H]1CSC(=Nc2ccc(OC)cc2)N1C(=O)c1cnc(Cl)c(Cl)c1. The highest BCUT2D eigenvalue weighted by molar-refractivity contribution is 8.14. The zero-order chi connectivity index (χ0) is 18.7. The highest BCUT2D eigenvalue weighted by atomic mass is 35.5. The van der Waals surface area contributed by atoms with Gasteiger partial charge in [0.05, 0.1) is 23.4 Å². The topological polar surface area (TPSA) is 54.8 Å². The number of aromatic nitrogens is 1. The maximum atomic E-state index is 13.1. The number of rotatable bonds is 4. The molecule has 1 aromatic carbocycles. The number of hydrogen-bond acceptors (Lipinski definition) is 5. The third-order valence-corrected chi connectivity index (χ3v) is 5.79. The largest absolute Gasteiger partial charge is 0.497 e. The number of hydrogen-bond donors (Lipinski definition) is 0. The number of pyridine rings is 1. The number of carbonyl (C=O) groups is 1. The van der Waals surface area contributed by atoms with Crippen molar-refractivity contribution in [3.8, 4) is 5.75 Å². The molecule has 0 bridgehead atoms. The monoisotopic (exact) mass is 409 g/mol. The van der Waals surface area contributed by atoms with Crippen LogP contribution >= 0.6 is 35.0 Å². The van der Waals surface area contributed by atoms with E-state index in [9.17, 15) is 4.79 Å². The maximum absolute atomic E-state index is 13.1. The summed E-state index contributed by atoms with van der Waals surface area (Å²) >= 11 is 13.4. The van der Waals surface area contributed by atoms with Gasteiger partial charge in [-0.1, -0.05) is 41.9 Å². The highest BCUT2D eigenvalue weighted by Crippen LogP contribution is 2.31. The molecular weight excluding hydrogens is 393 g/mol. The summed E-state index contributed by atoms with van der Waals surface area (Å²) in [6.45, 7) is 2.05. The number of methoxy groups -OCH3 is 1. The Morgan fingerprint density at radius 1 is 1.38 bits per heavy atom. The lowest BCUT2D eigenvalue weighted by Gasteiger charge is -2.23. The minimum absolute atomic E-state index is 0.0685. The average molecular weight is 410 g/mol. The zero-order valence-corrected chi connectivity index (χ0v) is 16.6. The van der Waals surface area contributed by atoms with E-state index in [-0.39, 0.29) is 22.1 Å². The Morgan fingerprint density at radius 3 is 2.73 bits per heavy atom. The Labute approximate surface area is 166 Å². The second kappa shape index (κ2) is 8.29. The molecule has 1 fully saturated rings. The van der Waals surface area contributed by atoms with E-state index < -0.39 is 0 Å². The molecular formula is C18H17Cl2N3O2S. The number of carbonyl (C=O) groups excluding carboxylic acids is 1. The van der Waals surface area contributed by atoms with Crippen LogP contribution in [0.15, 0.2) is 41.5 Å². The lowest BCUT2D eigenvalue weighted by atomic mass is 10.2. The summed E-state index contributed by atoms with van der Waals surface area (Å²) < 4.78 is 5.16. The molecule has 3 rings (SSSR count). The lowest BCUT2D eigenvalue weighted by molar-refractivity contribution is 0.0819. The smallest absolute Gasteiger partial charge is 0.261 e. The zero-order valence-electron chi connectivity index (χ0n) is 14.3. The Balaban J connectivity index is 1.93.